The number of ether oxygens (including phenoxy) is 1. The zero-order chi connectivity index (χ0) is 20.8. The molecule has 29 heavy (non-hydrogen) atoms. The van der Waals surface area contributed by atoms with Gasteiger partial charge in [-0.2, -0.15) is 0 Å². The van der Waals surface area contributed by atoms with Crippen molar-refractivity contribution in [1.29, 1.82) is 0 Å². The highest BCUT2D eigenvalue weighted by molar-refractivity contribution is 5.95. The number of benzene rings is 2. The van der Waals surface area contributed by atoms with Gasteiger partial charge in [0.15, 0.2) is 0 Å². The SMILES string of the molecule is CCOC(=O)C1=C(CN(C)Cc2ccccc2)NC(=O)NC1c1ccc(C)cc1. The van der Waals surface area contributed by atoms with Crippen LogP contribution in [0.25, 0.3) is 0 Å². The highest BCUT2D eigenvalue weighted by Crippen LogP contribution is 2.28. The molecule has 152 valence electrons. The number of hydrogen-bond acceptors (Lipinski definition) is 4. The molecule has 2 aromatic rings. The second kappa shape index (κ2) is 9.39. The summed E-state index contributed by atoms with van der Waals surface area (Å²) in [5, 5.41) is 5.69. The number of likely N-dealkylation sites (N-methyl/N-ethyl adjacent to an activating group) is 1. The van der Waals surface area contributed by atoms with Crippen molar-refractivity contribution in [2.24, 2.45) is 0 Å². The summed E-state index contributed by atoms with van der Waals surface area (Å²) in [6.07, 6.45) is 0. The van der Waals surface area contributed by atoms with E-state index in [9.17, 15) is 9.59 Å². The Morgan fingerprint density at radius 1 is 1.07 bits per heavy atom. The summed E-state index contributed by atoms with van der Waals surface area (Å²) >= 11 is 0. The van der Waals surface area contributed by atoms with Gasteiger partial charge in [-0.3, -0.25) is 4.90 Å². The lowest BCUT2D eigenvalue weighted by Crippen LogP contribution is -2.48. The van der Waals surface area contributed by atoms with Gasteiger partial charge in [0, 0.05) is 18.8 Å². The highest BCUT2D eigenvalue weighted by atomic mass is 16.5. The maximum absolute atomic E-state index is 12.8. The third-order valence-electron chi connectivity index (χ3n) is 4.78. The summed E-state index contributed by atoms with van der Waals surface area (Å²) in [6.45, 7) is 5.15. The standard InChI is InChI=1S/C23H27N3O3/c1-4-29-22(27)20-19(15-26(3)14-17-8-6-5-7-9-17)24-23(28)25-21(20)18-12-10-16(2)11-13-18/h5-13,21H,4,14-15H2,1-3H3,(H2,24,25,28). The summed E-state index contributed by atoms with van der Waals surface area (Å²) < 4.78 is 5.32. The third-order valence-corrected chi connectivity index (χ3v) is 4.78. The van der Waals surface area contributed by atoms with Crippen LogP contribution in [0.2, 0.25) is 0 Å². The molecule has 3 rings (SSSR count). The molecule has 0 saturated heterocycles. The van der Waals surface area contributed by atoms with Crippen LogP contribution in [0.4, 0.5) is 4.79 Å². The average Bonchev–Trinajstić information content (AvgIpc) is 2.69. The molecule has 1 heterocycles. The predicted molar refractivity (Wildman–Crippen MR) is 112 cm³/mol. The van der Waals surface area contributed by atoms with E-state index in [1.807, 2.05) is 68.6 Å². The maximum Gasteiger partial charge on any atom is 0.338 e. The van der Waals surface area contributed by atoms with Gasteiger partial charge in [-0.25, -0.2) is 9.59 Å². The fraction of sp³-hybridized carbons (Fsp3) is 0.304. The quantitative estimate of drug-likeness (QED) is 0.708. The van der Waals surface area contributed by atoms with Crippen molar-refractivity contribution in [1.82, 2.24) is 15.5 Å². The smallest absolute Gasteiger partial charge is 0.338 e. The molecule has 0 fully saturated rings. The molecule has 0 saturated carbocycles. The van der Waals surface area contributed by atoms with E-state index in [-0.39, 0.29) is 12.6 Å². The number of esters is 1. The fourth-order valence-electron chi connectivity index (χ4n) is 3.42. The molecule has 1 atom stereocenters. The lowest BCUT2D eigenvalue weighted by Gasteiger charge is -2.31. The summed E-state index contributed by atoms with van der Waals surface area (Å²) in [5.41, 5.74) is 4.12. The van der Waals surface area contributed by atoms with E-state index in [0.29, 0.717) is 24.4 Å². The van der Waals surface area contributed by atoms with Gasteiger partial charge in [-0.05, 0) is 32.0 Å². The van der Waals surface area contributed by atoms with Gasteiger partial charge in [0.25, 0.3) is 0 Å². The first-order chi connectivity index (χ1) is 14.0. The molecule has 6 heteroatoms. The lowest BCUT2D eigenvalue weighted by molar-refractivity contribution is -0.139. The largest absolute Gasteiger partial charge is 0.463 e. The molecule has 0 bridgehead atoms. The molecule has 0 radical (unpaired) electrons. The molecule has 1 aliphatic heterocycles. The molecule has 0 aromatic heterocycles. The molecular weight excluding hydrogens is 366 g/mol. The van der Waals surface area contributed by atoms with E-state index in [1.165, 1.54) is 0 Å². The number of rotatable bonds is 7. The number of nitrogens with one attached hydrogen (secondary N) is 2. The minimum atomic E-state index is -0.552. The van der Waals surface area contributed by atoms with Crippen molar-refractivity contribution in [2.75, 3.05) is 20.2 Å². The second-order valence-electron chi connectivity index (χ2n) is 7.21. The number of hydrogen-bond donors (Lipinski definition) is 2. The van der Waals surface area contributed by atoms with Gasteiger partial charge in [0.05, 0.1) is 18.2 Å². The fourth-order valence-corrected chi connectivity index (χ4v) is 3.42. The predicted octanol–water partition coefficient (Wildman–Crippen LogP) is 3.30. The van der Waals surface area contributed by atoms with Crippen LogP contribution in [0.5, 0.6) is 0 Å². The Hall–Kier alpha value is -3.12. The number of carbonyl (C=O) groups excluding carboxylic acids is 2. The number of urea groups is 1. The zero-order valence-electron chi connectivity index (χ0n) is 17.1. The van der Waals surface area contributed by atoms with Crippen LogP contribution in [-0.2, 0) is 16.1 Å². The van der Waals surface area contributed by atoms with Crippen LogP contribution in [0.3, 0.4) is 0 Å². The number of aryl methyl sites for hydroxylation is 1. The van der Waals surface area contributed by atoms with E-state index in [0.717, 1.165) is 16.7 Å². The Kier molecular flexibility index (Phi) is 6.67. The van der Waals surface area contributed by atoms with Gasteiger partial charge in [0.1, 0.15) is 0 Å². The number of amides is 2. The van der Waals surface area contributed by atoms with Crippen molar-refractivity contribution in [2.45, 2.75) is 26.4 Å². The normalized spacial score (nSPS) is 16.4. The first-order valence-corrected chi connectivity index (χ1v) is 9.74. The average molecular weight is 393 g/mol. The Morgan fingerprint density at radius 2 is 1.76 bits per heavy atom. The van der Waals surface area contributed by atoms with Gasteiger partial charge in [-0.15, -0.1) is 0 Å². The summed E-state index contributed by atoms with van der Waals surface area (Å²) in [6, 6.07) is 17.0. The Labute approximate surface area is 171 Å². The minimum Gasteiger partial charge on any atom is -0.463 e. The van der Waals surface area contributed by atoms with E-state index in [2.05, 4.69) is 15.5 Å². The molecule has 2 aromatic carbocycles. The minimum absolute atomic E-state index is 0.268. The first kappa shape index (κ1) is 20.6. The summed E-state index contributed by atoms with van der Waals surface area (Å²) in [5.74, 6) is -0.423. The van der Waals surface area contributed by atoms with Crippen LogP contribution < -0.4 is 10.6 Å². The topological polar surface area (TPSA) is 70.7 Å². The van der Waals surface area contributed by atoms with Crippen LogP contribution in [0, 0.1) is 6.92 Å². The molecule has 0 spiro atoms. The van der Waals surface area contributed by atoms with Gasteiger partial charge in [0.2, 0.25) is 0 Å². The monoisotopic (exact) mass is 393 g/mol. The Morgan fingerprint density at radius 3 is 2.41 bits per heavy atom. The molecular formula is C23H27N3O3. The number of nitrogens with zero attached hydrogens (tertiary/aromatic N) is 1. The molecule has 0 aliphatic carbocycles. The molecule has 2 amide bonds. The third kappa shape index (κ3) is 5.23. The lowest BCUT2D eigenvalue weighted by atomic mass is 9.94. The summed E-state index contributed by atoms with van der Waals surface area (Å²) in [4.78, 5) is 27.2. The van der Waals surface area contributed by atoms with Gasteiger partial charge < -0.3 is 15.4 Å². The van der Waals surface area contributed by atoms with E-state index in [4.69, 9.17) is 4.74 Å². The van der Waals surface area contributed by atoms with Crippen molar-refractivity contribution < 1.29 is 14.3 Å². The van der Waals surface area contributed by atoms with Gasteiger partial charge in [-0.1, -0.05) is 60.2 Å². The van der Waals surface area contributed by atoms with Crippen molar-refractivity contribution in [3.63, 3.8) is 0 Å². The first-order valence-electron chi connectivity index (χ1n) is 9.74. The van der Waals surface area contributed by atoms with E-state index in [1.54, 1.807) is 6.92 Å². The van der Waals surface area contributed by atoms with Crippen LogP contribution >= 0.6 is 0 Å². The number of carbonyl (C=O) groups is 2. The van der Waals surface area contributed by atoms with E-state index < -0.39 is 12.0 Å². The van der Waals surface area contributed by atoms with Crippen LogP contribution in [0.1, 0.15) is 29.7 Å². The molecule has 1 aliphatic rings. The van der Waals surface area contributed by atoms with Crippen molar-refractivity contribution >= 4 is 12.0 Å². The molecule has 2 N–H and O–H groups in total. The highest BCUT2D eigenvalue weighted by Gasteiger charge is 2.33. The van der Waals surface area contributed by atoms with Crippen LogP contribution in [0.15, 0.2) is 65.9 Å². The van der Waals surface area contributed by atoms with Crippen LogP contribution in [-0.4, -0.2) is 37.1 Å². The second-order valence-corrected chi connectivity index (χ2v) is 7.21. The maximum atomic E-state index is 12.8. The Bertz CT molecular complexity index is 891. The zero-order valence-corrected chi connectivity index (χ0v) is 17.1. The Balaban J connectivity index is 1.93. The summed E-state index contributed by atoms with van der Waals surface area (Å²) in [7, 11) is 1.96. The van der Waals surface area contributed by atoms with E-state index >= 15 is 0 Å². The van der Waals surface area contributed by atoms with Gasteiger partial charge >= 0.3 is 12.0 Å². The van der Waals surface area contributed by atoms with Crippen molar-refractivity contribution in [3.05, 3.63) is 82.6 Å². The molecule has 1 unspecified atom stereocenters. The molecule has 6 nitrogen and oxygen atoms in total. The van der Waals surface area contributed by atoms with Crippen molar-refractivity contribution in [3.8, 4) is 0 Å².